The Balaban J connectivity index is 2.65. The predicted molar refractivity (Wildman–Crippen MR) is 86.8 cm³/mol. The van der Waals surface area contributed by atoms with Crippen molar-refractivity contribution in [2.24, 2.45) is 0 Å². The first kappa shape index (κ1) is 17.6. The van der Waals surface area contributed by atoms with E-state index >= 15 is 0 Å². The third-order valence-corrected chi connectivity index (χ3v) is 3.33. The summed E-state index contributed by atoms with van der Waals surface area (Å²) in [7, 11) is 5.00. The number of benzene rings is 1. The number of hydrogen-bond acceptors (Lipinski definition) is 4. The highest BCUT2D eigenvalue weighted by atomic mass is 16.5. The second kappa shape index (κ2) is 8.13. The van der Waals surface area contributed by atoms with Gasteiger partial charge in [0.1, 0.15) is 17.2 Å². The molecular weight excluding hydrogens is 266 g/mol. The molecule has 0 atom stereocenters. The van der Waals surface area contributed by atoms with E-state index in [0.717, 1.165) is 48.6 Å². The maximum Gasteiger partial charge on any atom is 0.129 e. The first-order valence-corrected chi connectivity index (χ1v) is 7.45. The van der Waals surface area contributed by atoms with Gasteiger partial charge in [-0.15, -0.1) is 0 Å². The second-order valence-electron chi connectivity index (χ2n) is 6.14. The highest BCUT2D eigenvalue weighted by molar-refractivity contribution is 5.50. The van der Waals surface area contributed by atoms with Crippen LogP contribution < -0.4 is 19.5 Å². The van der Waals surface area contributed by atoms with Gasteiger partial charge in [0.2, 0.25) is 0 Å². The fourth-order valence-corrected chi connectivity index (χ4v) is 2.21. The van der Waals surface area contributed by atoms with Crippen molar-refractivity contribution in [1.82, 2.24) is 5.32 Å². The minimum atomic E-state index is 0.176. The van der Waals surface area contributed by atoms with Crippen molar-refractivity contribution >= 4 is 0 Å². The van der Waals surface area contributed by atoms with Crippen LogP contribution in [0.1, 0.15) is 39.2 Å². The molecule has 1 rings (SSSR count). The van der Waals surface area contributed by atoms with Crippen molar-refractivity contribution in [2.45, 2.75) is 45.6 Å². The third kappa shape index (κ3) is 5.84. The van der Waals surface area contributed by atoms with Crippen LogP contribution >= 0.6 is 0 Å². The average Bonchev–Trinajstić information content (AvgIpc) is 2.45. The molecule has 0 aliphatic heterocycles. The predicted octanol–water partition coefficient (Wildman–Crippen LogP) is 3.42. The van der Waals surface area contributed by atoms with Gasteiger partial charge in [0.05, 0.1) is 21.3 Å². The standard InChI is InChI=1S/C17H29NO3/c1-17(2,3)18-10-8-7-9-14-15(20-5)11-13(19-4)12-16(14)21-6/h11-12,18H,7-10H2,1-6H3. The van der Waals surface area contributed by atoms with Gasteiger partial charge in [-0.05, 0) is 46.6 Å². The second-order valence-corrected chi connectivity index (χ2v) is 6.14. The largest absolute Gasteiger partial charge is 0.496 e. The molecule has 1 aromatic rings. The van der Waals surface area contributed by atoms with Crippen LogP contribution in [0.5, 0.6) is 17.2 Å². The van der Waals surface area contributed by atoms with E-state index in [-0.39, 0.29) is 5.54 Å². The molecule has 21 heavy (non-hydrogen) atoms. The van der Waals surface area contributed by atoms with Gasteiger partial charge < -0.3 is 19.5 Å². The van der Waals surface area contributed by atoms with E-state index in [1.807, 2.05) is 12.1 Å². The molecular formula is C17H29NO3. The Morgan fingerprint density at radius 1 is 0.905 bits per heavy atom. The van der Waals surface area contributed by atoms with Crippen LogP contribution in [0.25, 0.3) is 0 Å². The van der Waals surface area contributed by atoms with E-state index in [1.54, 1.807) is 21.3 Å². The summed E-state index contributed by atoms with van der Waals surface area (Å²) in [5.74, 6) is 2.41. The Kier molecular flexibility index (Phi) is 6.82. The third-order valence-electron chi connectivity index (χ3n) is 3.33. The first-order valence-electron chi connectivity index (χ1n) is 7.45. The number of nitrogens with one attached hydrogen (secondary N) is 1. The smallest absolute Gasteiger partial charge is 0.129 e. The summed E-state index contributed by atoms with van der Waals surface area (Å²) < 4.78 is 16.2. The average molecular weight is 295 g/mol. The Labute approximate surface area is 128 Å². The van der Waals surface area contributed by atoms with Gasteiger partial charge in [-0.1, -0.05) is 0 Å². The molecule has 1 N–H and O–H groups in total. The van der Waals surface area contributed by atoms with E-state index in [1.165, 1.54) is 0 Å². The Bertz CT molecular complexity index is 413. The van der Waals surface area contributed by atoms with Gasteiger partial charge in [0.15, 0.2) is 0 Å². The van der Waals surface area contributed by atoms with E-state index in [9.17, 15) is 0 Å². The van der Waals surface area contributed by atoms with E-state index < -0.39 is 0 Å². The summed E-state index contributed by atoms with van der Waals surface area (Å²) in [6, 6.07) is 3.82. The number of hydrogen-bond donors (Lipinski definition) is 1. The molecule has 0 saturated carbocycles. The lowest BCUT2D eigenvalue weighted by molar-refractivity contribution is 0.367. The van der Waals surface area contributed by atoms with Crippen LogP contribution in [-0.4, -0.2) is 33.4 Å². The van der Waals surface area contributed by atoms with Crippen molar-refractivity contribution in [3.63, 3.8) is 0 Å². The molecule has 0 unspecified atom stereocenters. The molecule has 4 heteroatoms. The molecule has 0 heterocycles. The molecule has 120 valence electrons. The summed E-state index contributed by atoms with van der Waals surface area (Å²) in [6.45, 7) is 7.57. The lowest BCUT2D eigenvalue weighted by atomic mass is 10.0. The minimum absolute atomic E-state index is 0.176. The highest BCUT2D eigenvalue weighted by Crippen LogP contribution is 2.35. The molecule has 0 aliphatic rings. The number of ether oxygens (including phenoxy) is 3. The van der Waals surface area contributed by atoms with Crippen LogP contribution in [-0.2, 0) is 6.42 Å². The van der Waals surface area contributed by atoms with E-state index in [4.69, 9.17) is 14.2 Å². The summed E-state index contributed by atoms with van der Waals surface area (Å²) in [5.41, 5.74) is 1.28. The summed E-state index contributed by atoms with van der Waals surface area (Å²) in [5, 5.41) is 3.50. The van der Waals surface area contributed by atoms with Crippen LogP contribution in [0.15, 0.2) is 12.1 Å². The van der Waals surface area contributed by atoms with Gasteiger partial charge in [-0.25, -0.2) is 0 Å². The molecule has 0 spiro atoms. The fraction of sp³-hybridized carbons (Fsp3) is 0.647. The topological polar surface area (TPSA) is 39.7 Å². The summed E-state index contributed by atoms with van der Waals surface area (Å²) in [6.07, 6.45) is 3.14. The monoisotopic (exact) mass is 295 g/mol. The van der Waals surface area contributed by atoms with Crippen molar-refractivity contribution in [1.29, 1.82) is 0 Å². The molecule has 0 fully saturated rings. The summed E-state index contributed by atoms with van der Waals surface area (Å²) >= 11 is 0. The Morgan fingerprint density at radius 2 is 1.48 bits per heavy atom. The Hall–Kier alpha value is -1.42. The van der Waals surface area contributed by atoms with E-state index in [0.29, 0.717) is 0 Å². The molecule has 4 nitrogen and oxygen atoms in total. The number of methoxy groups -OCH3 is 3. The number of unbranched alkanes of at least 4 members (excludes halogenated alkanes) is 1. The van der Waals surface area contributed by atoms with Gasteiger partial charge in [0, 0.05) is 23.2 Å². The molecule has 1 aromatic carbocycles. The zero-order valence-electron chi connectivity index (χ0n) is 14.2. The van der Waals surface area contributed by atoms with E-state index in [2.05, 4.69) is 26.1 Å². The molecule has 0 aromatic heterocycles. The Morgan fingerprint density at radius 3 is 1.90 bits per heavy atom. The van der Waals surface area contributed by atoms with Crippen molar-refractivity contribution in [3.05, 3.63) is 17.7 Å². The lowest BCUT2D eigenvalue weighted by Gasteiger charge is -2.20. The van der Waals surface area contributed by atoms with Crippen molar-refractivity contribution < 1.29 is 14.2 Å². The van der Waals surface area contributed by atoms with Crippen LogP contribution in [0, 0.1) is 0 Å². The van der Waals surface area contributed by atoms with Crippen LogP contribution in [0.4, 0.5) is 0 Å². The minimum Gasteiger partial charge on any atom is -0.496 e. The maximum atomic E-state index is 5.47. The number of rotatable bonds is 8. The molecule has 0 aliphatic carbocycles. The maximum absolute atomic E-state index is 5.47. The molecule has 0 saturated heterocycles. The van der Waals surface area contributed by atoms with Crippen molar-refractivity contribution in [2.75, 3.05) is 27.9 Å². The van der Waals surface area contributed by atoms with Gasteiger partial charge in [-0.3, -0.25) is 0 Å². The molecule has 0 bridgehead atoms. The summed E-state index contributed by atoms with van der Waals surface area (Å²) in [4.78, 5) is 0. The quantitative estimate of drug-likeness (QED) is 0.746. The SMILES string of the molecule is COc1cc(OC)c(CCCCNC(C)(C)C)c(OC)c1. The zero-order valence-corrected chi connectivity index (χ0v) is 14.2. The van der Waals surface area contributed by atoms with Gasteiger partial charge in [-0.2, -0.15) is 0 Å². The van der Waals surface area contributed by atoms with Gasteiger partial charge >= 0.3 is 0 Å². The van der Waals surface area contributed by atoms with Gasteiger partial charge in [0.25, 0.3) is 0 Å². The van der Waals surface area contributed by atoms with Crippen LogP contribution in [0.3, 0.4) is 0 Å². The zero-order chi connectivity index (χ0) is 15.9. The lowest BCUT2D eigenvalue weighted by Crippen LogP contribution is -2.36. The van der Waals surface area contributed by atoms with Crippen molar-refractivity contribution in [3.8, 4) is 17.2 Å². The normalized spacial score (nSPS) is 11.3. The fourth-order valence-electron chi connectivity index (χ4n) is 2.21. The van der Waals surface area contributed by atoms with Crippen LogP contribution in [0.2, 0.25) is 0 Å². The molecule has 0 amide bonds. The highest BCUT2D eigenvalue weighted by Gasteiger charge is 2.13. The first-order chi connectivity index (χ1) is 9.91. The molecule has 0 radical (unpaired) electrons.